The summed E-state index contributed by atoms with van der Waals surface area (Å²) in [6.07, 6.45) is 4.56. The Hall–Kier alpha value is -4.69. The van der Waals surface area contributed by atoms with Crippen LogP contribution in [0, 0.1) is 17.0 Å². The second-order valence-corrected chi connectivity index (χ2v) is 10.4. The molecule has 0 spiro atoms. The number of nitro groups is 1. The van der Waals surface area contributed by atoms with Crippen LogP contribution >= 0.6 is 11.3 Å². The van der Waals surface area contributed by atoms with Crippen LogP contribution in [-0.4, -0.2) is 38.6 Å². The number of aryl methyl sites for hydroxylation is 1. The predicted molar refractivity (Wildman–Crippen MR) is 137 cm³/mol. The molecule has 37 heavy (non-hydrogen) atoms. The Bertz CT molecular complexity index is 1750. The molecule has 3 heterocycles. The van der Waals surface area contributed by atoms with E-state index < -0.39 is 14.9 Å². The zero-order chi connectivity index (χ0) is 26.2. The number of fused-ring (bicyclic) bond motifs is 1. The van der Waals surface area contributed by atoms with E-state index in [0.717, 1.165) is 0 Å². The Morgan fingerprint density at radius 1 is 1.08 bits per heavy atom. The van der Waals surface area contributed by atoms with E-state index in [1.165, 1.54) is 60.1 Å². The van der Waals surface area contributed by atoms with Gasteiger partial charge in [0.1, 0.15) is 4.88 Å². The van der Waals surface area contributed by atoms with E-state index in [-0.39, 0.29) is 22.4 Å². The topological polar surface area (TPSA) is 161 Å². The van der Waals surface area contributed by atoms with Gasteiger partial charge in [-0.15, -0.1) is 0 Å². The third kappa shape index (κ3) is 4.87. The highest BCUT2D eigenvalue weighted by Gasteiger charge is 2.20. The van der Waals surface area contributed by atoms with Gasteiger partial charge in [0.2, 0.25) is 5.95 Å². The van der Waals surface area contributed by atoms with Crippen LogP contribution in [0.5, 0.6) is 0 Å². The summed E-state index contributed by atoms with van der Waals surface area (Å²) >= 11 is 1.17. The first-order valence-electron chi connectivity index (χ1n) is 10.7. The fraction of sp³-hybridized carbons (Fsp3) is 0.0435. The Balaban J connectivity index is 1.33. The number of hydrogen-bond acceptors (Lipinski definition) is 9. The number of rotatable bonds is 7. The molecule has 0 saturated heterocycles. The molecule has 186 valence electrons. The van der Waals surface area contributed by atoms with Crippen molar-refractivity contribution in [1.29, 1.82) is 0 Å². The smallest absolute Gasteiger partial charge is 0.270 e. The van der Waals surface area contributed by atoms with Crippen molar-refractivity contribution < 1.29 is 18.1 Å². The minimum absolute atomic E-state index is 0.0163. The van der Waals surface area contributed by atoms with Gasteiger partial charge in [0.05, 0.1) is 15.5 Å². The monoisotopic (exact) mass is 535 g/mol. The minimum Gasteiger partial charge on any atom is -0.321 e. The Kier molecular flexibility index (Phi) is 6.11. The van der Waals surface area contributed by atoms with Crippen molar-refractivity contribution >= 4 is 49.6 Å². The maximum Gasteiger partial charge on any atom is 0.270 e. The molecule has 3 aromatic heterocycles. The summed E-state index contributed by atoms with van der Waals surface area (Å²) in [6, 6.07) is 13.4. The number of anilines is 2. The third-order valence-electron chi connectivity index (χ3n) is 5.33. The number of aromatic nitrogens is 4. The first kappa shape index (κ1) is 24.0. The zero-order valence-electron chi connectivity index (χ0n) is 19.0. The SMILES string of the molecule is Cc1c(C(=O)Nc2ccc(S(=O)(=O)Nc3ncccn3)cc2)sc2nc(-c3cccc([N+](=O)[O-])c3)cn12. The molecular weight excluding hydrogens is 518 g/mol. The lowest BCUT2D eigenvalue weighted by Crippen LogP contribution is -2.15. The van der Waals surface area contributed by atoms with Gasteiger partial charge in [-0.25, -0.2) is 28.1 Å². The molecule has 0 atom stereocenters. The standard InChI is InChI=1S/C23H17N7O5S2/c1-14-20(36-23-27-19(13-29(14)23)15-4-2-5-17(12-15)30(32)33)21(31)26-16-6-8-18(9-7-16)37(34,35)28-22-24-10-3-11-25-22/h2-13H,1H3,(H,26,31)(H,24,25,28). The van der Waals surface area contributed by atoms with Gasteiger partial charge in [-0.2, -0.15) is 0 Å². The summed E-state index contributed by atoms with van der Waals surface area (Å²) in [5.41, 5.74) is 2.17. The van der Waals surface area contributed by atoms with Gasteiger partial charge in [0.25, 0.3) is 21.6 Å². The van der Waals surface area contributed by atoms with E-state index >= 15 is 0 Å². The molecule has 5 rings (SSSR count). The molecular formula is C23H17N7O5S2. The van der Waals surface area contributed by atoms with Crippen molar-refractivity contribution in [2.24, 2.45) is 0 Å². The summed E-state index contributed by atoms with van der Waals surface area (Å²) in [5, 5.41) is 13.8. The van der Waals surface area contributed by atoms with Gasteiger partial charge < -0.3 is 5.32 Å². The van der Waals surface area contributed by atoms with Crippen molar-refractivity contribution in [2.45, 2.75) is 11.8 Å². The van der Waals surface area contributed by atoms with Crippen molar-refractivity contribution in [1.82, 2.24) is 19.4 Å². The molecule has 0 bridgehead atoms. The number of nitrogens with zero attached hydrogens (tertiary/aromatic N) is 5. The largest absolute Gasteiger partial charge is 0.321 e. The molecule has 0 aliphatic carbocycles. The molecule has 0 radical (unpaired) electrons. The molecule has 0 unspecified atom stereocenters. The number of thiazole rings is 1. The van der Waals surface area contributed by atoms with Gasteiger partial charge in [-0.1, -0.05) is 23.5 Å². The van der Waals surface area contributed by atoms with Crippen LogP contribution in [0.3, 0.4) is 0 Å². The lowest BCUT2D eigenvalue weighted by Gasteiger charge is -2.08. The van der Waals surface area contributed by atoms with E-state index in [1.807, 2.05) is 0 Å². The fourth-order valence-electron chi connectivity index (χ4n) is 3.51. The van der Waals surface area contributed by atoms with Gasteiger partial charge in [0.15, 0.2) is 4.96 Å². The summed E-state index contributed by atoms with van der Waals surface area (Å²) in [7, 11) is -3.90. The fourth-order valence-corrected chi connectivity index (χ4v) is 5.48. The first-order valence-corrected chi connectivity index (χ1v) is 13.0. The number of amides is 1. The van der Waals surface area contributed by atoms with Crippen LogP contribution in [0.4, 0.5) is 17.3 Å². The molecule has 1 amide bonds. The average Bonchev–Trinajstić information content (AvgIpc) is 3.44. The van der Waals surface area contributed by atoms with Gasteiger partial charge >= 0.3 is 0 Å². The number of nitro benzene ring substituents is 1. The normalized spacial score (nSPS) is 11.4. The molecule has 5 aromatic rings. The van der Waals surface area contributed by atoms with Crippen molar-refractivity contribution in [2.75, 3.05) is 10.0 Å². The van der Waals surface area contributed by atoms with Crippen molar-refractivity contribution in [3.05, 3.63) is 93.9 Å². The number of sulfonamides is 1. The second-order valence-electron chi connectivity index (χ2n) is 7.76. The van der Waals surface area contributed by atoms with Crippen LogP contribution in [0.15, 0.2) is 78.1 Å². The highest BCUT2D eigenvalue weighted by molar-refractivity contribution is 7.92. The maximum absolute atomic E-state index is 12.9. The van der Waals surface area contributed by atoms with Crippen LogP contribution in [0.2, 0.25) is 0 Å². The zero-order valence-corrected chi connectivity index (χ0v) is 20.7. The average molecular weight is 536 g/mol. The van der Waals surface area contributed by atoms with Crippen LogP contribution in [0.25, 0.3) is 16.2 Å². The Morgan fingerprint density at radius 2 is 1.81 bits per heavy atom. The number of nitrogens with one attached hydrogen (secondary N) is 2. The maximum atomic E-state index is 12.9. The number of hydrogen-bond donors (Lipinski definition) is 2. The molecule has 12 nitrogen and oxygen atoms in total. The Morgan fingerprint density at radius 3 is 2.49 bits per heavy atom. The summed E-state index contributed by atoms with van der Waals surface area (Å²) in [4.78, 5) is 36.7. The van der Waals surface area contributed by atoms with E-state index in [2.05, 4.69) is 25.0 Å². The molecule has 0 saturated carbocycles. The molecule has 14 heteroatoms. The molecule has 0 aliphatic rings. The number of imidazole rings is 1. The summed E-state index contributed by atoms with van der Waals surface area (Å²) < 4.78 is 29.1. The van der Waals surface area contributed by atoms with E-state index in [1.54, 1.807) is 35.7 Å². The molecule has 0 fully saturated rings. The number of benzene rings is 2. The van der Waals surface area contributed by atoms with Gasteiger partial charge in [-0.05, 0) is 37.3 Å². The lowest BCUT2D eigenvalue weighted by atomic mass is 10.1. The first-order chi connectivity index (χ1) is 17.7. The van der Waals surface area contributed by atoms with E-state index in [4.69, 9.17) is 0 Å². The highest BCUT2D eigenvalue weighted by atomic mass is 32.2. The van der Waals surface area contributed by atoms with Crippen molar-refractivity contribution in [3.8, 4) is 11.3 Å². The Labute approximate surface area is 213 Å². The molecule has 2 N–H and O–H groups in total. The molecule has 0 aliphatic heterocycles. The summed E-state index contributed by atoms with van der Waals surface area (Å²) in [6.45, 7) is 1.77. The molecule has 2 aromatic carbocycles. The summed E-state index contributed by atoms with van der Waals surface area (Å²) in [5.74, 6) is -0.428. The number of carbonyl (C=O) groups excluding carboxylic acids is 1. The van der Waals surface area contributed by atoms with E-state index in [9.17, 15) is 23.3 Å². The van der Waals surface area contributed by atoms with Crippen LogP contribution < -0.4 is 10.0 Å². The third-order valence-corrected chi connectivity index (χ3v) is 7.83. The van der Waals surface area contributed by atoms with Crippen molar-refractivity contribution in [3.63, 3.8) is 0 Å². The quantitative estimate of drug-likeness (QED) is 0.232. The van der Waals surface area contributed by atoms with Gasteiger partial charge in [0, 0.05) is 47.7 Å². The minimum atomic E-state index is -3.90. The van der Waals surface area contributed by atoms with Crippen LogP contribution in [-0.2, 0) is 10.0 Å². The highest BCUT2D eigenvalue weighted by Crippen LogP contribution is 2.29. The number of non-ortho nitro benzene ring substituents is 1. The lowest BCUT2D eigenvalue weighted by molar-refractivity contribution is -0.384. The van der Waals surface area contributed by atoms with E-state index in [0.29, 0.717) is 32.5 Å². The predicted octanol–water partition coefficient (Wildman–Crippen LogP) is 4.12. The number of carbonyl (C=O) groups is 1. The van der Waals surface area contributed by atoms with Crippen LogP contribution in [0.1, 0.15) is 15.4 Å². The second kappa shape index (κ2) is 9.40. The van der Waals surface area contributed by atoms with Gasteiger partial charge in [-0.3, -0.25) is 19.3 Å².